The van der Waals surface area contributed by atoms with Crippen LogP contribution >= 0.6 is 0 Å². The van der Waals surface area contributed by atoms with Crippen molar-refractivity contribution in [2.24, 2.45) is 17.8 Å². The molecule has 0 radical (unpaired) electrons. The lowest BCUT2D eigenvalue weighted by Crippen LogP contribution is -2.42. The lowest BCUT2D eigenvalue weighted by molar-refractivity contribution is 0.169. The fourth-order valence-corrected chi connectivity index (χ4v) is 3.68. The van der Waals surface area contributed by atoms with Gasteiger partial charge < -0.3 is 9.88 Å². The molecule has 1 aromatic heterocycles. The van der Waals surface area contributed by atoms with Crippen molar-refractivity contribution in [2.45, 2.75) is 72.5 Å². The number of nitrogens with zero attached hydrogens (tertiary/aromatic N) is 1. The first-order valence-corrected chi connectivity index (χ1v) is 8.48. The summed E-state index contributed by atoms with van der Waals surface area (Å²) in [6, 6.07) is 2.97. The molecule has 0 aromatic carbocycles. The van der Waals surface area contributed by atoms with Crippen LogP contribution in [0.15, 0.2) is 18.5 Å². The molecule has 2 heteroatoms. The van der Waals surface area contributed by atoms with E-state index >= 15 is 0 Å². The molecule has 1 aliphatic carbocycles. The van der Waals surface area contributed by atoms with Crippen molar-refractivity contribution in [2.75, 3.05) is 0 Å². The molecule has 114 valence electrons. The highest BCUT2D eigenvalue weighted by atomic mass is 15.0. The van der Waals surface area contributed by atoms with Gasteiger partial charge in [0.2, 0.25) is 0 Å². The summed E-state index contributed by atoms with van der Waals surface area (Å²) in [6.45, 7) is 11.6. The minimum atomic E-state index is 0.702. The van der Waals surface area contributed by atoms with Crippen molar-refractivity contribution >= 4 is 0 Å². The maximum atomic E-state index is 3.84. The van der Waals surface area contributed by atoms with Crippen LogP contribution in [0, 0.1) is 17.8 Å². The van der Waals surface area contributed by atoms with Crippen LogP contribution in [0.25, 0.3) is 0 Å². The molecule has 1 heterocycles. The summed E-state index contributed by atoms with van der Waals surface area (Å²) < 4.78 is 2.31. The highest BCUT2D eigenvalue weighted by Gasteiger charge is 2.30. The molecule has 0 bridgehead atoms. The largest absolute Gasteiger partial charge is 0.354 e. The molecule has 0 amide bonds. The van der Waals surface area contributed by atoms with E-state index in [-0.39, 0.29) is 0 Å². The fraction of sp³-hybridized carbons (Fsp3) is 0.778. The van der Waals surface area contributed by atoms with Crippen molar-refractivity contribution in [1.29, 1.82) is 0 Å². The molecule has 3 unspecified atom stereocenters. The lowest BCUT2D eigenvalue weighted by Gasteiger charge is -2.38. The zero-order valence-electron chi connectivity index (χ0n) is 13.7. The Labute approximate surface area is 125 Å². The molecule has 1 fully saturated rings. The van der Waals surface area contributed by atoms with Crippen molar-refractivity contribution in [3.63, 3.8) is 0 Å². The summed E-state index contributed by atoms with van der Waals surface area (Å²) in [5.41, 5.74) is 1.43. The Kier molecular flexibility index (Phi) is 5.71. The normalized spacial score (nSPS) is 27.1. The Morgan fingerprint density at radius 1 is 1.35 bits per heavy atom. The number of aromatic nitrogens is 1. The Hall–Kier alpha value is -0.760. The molecule has 2 rings (SSSR count). The van der Waals surface area contributed by atoms with Crippen LogP contribution in [0.1, 0.15) is 58.9 Å². The molecule has 0 spiro atoms. The van der Waals surface area contributed by atoms with Gasteiger partial charge in [0.15, 0.2) is 0 Å². The van der Waals surface area contributed by atoms with E-state index in [2.05, 4.69) is 56.0 Å². The van der Waals surface area contributed by atoms with E-state index in [1.807, 2.05) is 0 Å². The summed E-state index contributed by atoms with van der Waals surface area (Å²) in [5, 5.41) is 3.84. The molecule has 1 aliphatic rings. The van der Waals surface area contributed by atoms with E-state index in [4.69, 9.17) is 0 Å². The maximum absolute atomic E-state index is 3.84. The van der Waals surface area contributed by atoms with E-state index in [9.17, 15) is 0 Å². The van der Waals surface area contributed by atoms with Gasteiger partial charge in [-0.05, 0) is 48.6 Å². The van der Waals surface area contributed by atoms with Crippen LogP contribution in [0.3, 0.4) is 0 Å². The predicted octanol–water partition coefficient (Wildman–Crippen LogP) is 4.45. The lowest BCUT2D eigenvalue weighted by atomic mass is 9.74. The van der Waals surface area contributed by atoms with Crippen LogP contribution in [0.4, 0.5) is 0 Å². The van der Waals surface area contributed by atoms with Gasteiger partial charge in [-0.3, -0.25) is 0 Å². The number of hydrogen-bond acceptors (Lipinski definition) is 1. The molecule has 0 saturated heterocycles. The summed E-state index contributed by atoms with van der Waals surface area (Å²) in [4.78, 5) is 0. The number of aryl methyl sites for hydroxylation is 1. The standard InChI is InChI=1S/C18H32N2/c1-5-9-20-10-8-16(13-20)12-19-18-11-15(4)6-7-17(18)14(2)3/h8,10,13-15,17-19H,5-7,9,11-12H2,1-4H3. The SMILES string of the molecule is CCCn1ccc(CNC2CC(C)CCC2C(C)C)c1. The minimum absolute atomic E-state index is 0.702. The van der Waals surface area contributed by atoms with Gasteiger partial charge in [0.25, 0.3) is 0 Å². The van der Waals surface area contributed by atoms with Crippen LogP contribution in [-0.2, 0) is 13.1 Å². The smallest absolute Gasteiger partial charge is 0.0223 e. The summed E-state index contributed by atoms with van der Waals surface area (Å²) in [5.74, 6) is 2.53. The Bertz CT molecular complexity index is 394. The quantitative estimate of drug-likeness (QED) is 0.812. The molecule has 0 aliphatic heterocycles. The number of rotatable bonds is 6. The van der Waals surface area contributed by atoms with Gasteiger partial charge >= 0.3 is 0 Å². The van der Waals surface area contributed by atoms with Crippen LogP contribution in [0.5, 0.6) is 0 Å². The highest BCUT2D eigenvalue weighted by molar-refractivity contribution is 5.10. The first kappa shape index (κ1) is 15.6. The van der Waals surface area contributed by atoms with Gasteiger partial charge in [-0.1, -0.05) is 34.1 Å². The fourth-order valence-electron chi connectivity index (χ4n) is 3.68. The van der Waals surface area contributed by atoms with Crippen molar-refractivity contribution < 1.29 is 0 Å². The van der Waals surface area contributed by atoms with Crippen LogP contribution < -0.4 is 5.32 Å². The summed E-state index contributed by atoms with van der Waals surface area (Å²) in [6.07, 6.45) is 9.87. The summed E-state index contributed by atoms with van der Waals surface area (Å²) >= 11 is 0. The molecule has 1 saturated carbocycles. The third-order valence-electron chi connectivity index (χ3n) is 4.88. The van der Waals surface area contributed by atoms with Gasteiger partial charge in [-0.25, -0.2) is 0 Å². The average Bonchev–Trinajstić information content (AvgIpc) is 2.84. The molecule has 2 nitrogen and oxygen atoms in total. The van der Waals surface area contributed by atoms with Gasteiger partial charge in [-0.15, -0.1) is 0 Å². The van der Waals surface area contributed by atoms with Gasteiger partial charge in [0, 0.05) is 31.5 Å². The third-order valence-corrected chi connectivity index (χ3v) is 4.88. The Balaban J connectivity index is 1.89. The zero-order chi connectivity index (χ0) is 14.5. The second kappa shape index (κ2) is 7.31. The topological polar surface area (TPSA) is 17.0 Å². The van der Waals surface area contributed by atoms with E-state index in [0.29, 0.717) is 6.04 Å². The second-order valence-corrected chi connectivity index (χ2v) is 7.07. The van der Waals surface area contributed by atoms with E-state index < -0.39 is 0 Å². The monoisotopic (exact) mass is 276 g/mol. The molecular formula is C18H32N2. The first-order chi connectivity index (χ1) is 9.60. The summed E-state index contributed by atoms with van der Waals surface area (Å²) in [7, 11) is 0. The van der Waals surface area contributed by atoms with Crippen LogP contribution in [-0.4, -0.2) is 10.6 Å². The number of nitrogens with one attached hydrogen (secondary N) is 1. The van der Waals surface area contributed by atoms with E-state index in [1.54, 1.807) is 0 Å². The van der Waals surface area contributed by atoms with E-state index in [1.165, 1.54) is 31.2 Å². The van der Waals surface area contributed by atoms with E-state index in [0.717, 1.165) is 30.8 Å². The van der Waals surface area contributed by atoms with Gasteiger partial charge in [0.1, 0.15) is 0 Å². The molecule has 1 N–H and O–H groups in total. The Morgan fingerprint density at radius 2 is 2.15 bits per heavy atom. The highest BCUT2D eigenvalue weighted by Crippen LogP contribution is 2.33. The van der Waals surface area contributed by atoms with Gasteiger partial charge in [0.05, 0.1) is 0 Å². The maximum Gasteiger partial charge on any atom is 0.0223 e. The third kappa shape index (κ3) is 4.12. The van der Waals surface area contributed by atoms with Crippen molar-refractivity contribution in [3.05, 3.63) is 24.0 Å². The molecule has 20 heavy (non-hydrogen) atoms. The second-order valence-electron chi connectivity index (χ2n) is 7.07. The first-order valence-electron chi connectivity index (χ1n) is 8.48. The Morgan fingerprint density at radius 3 is 2.85 bits per heavy atom. The zero-order valence-corrected chi connectivity index (χ0v) is 13.7. The van der Waals surface area contributed by atoms with Crippen molar-refractivity contribution in [3.8, 4) is 0 Å². The molecule has 1 aromatic rings. The van der Waals surface area contributed by atoms with Gasteiger partial charge in [-0.2, -0.15) is 0 Å². The average molecular weight is 276 g/mol. The van der Waals surface area contributed by atoms with Crippen LogP contribution in [0.2, 0.25) is 0 Å². The molecular weight excluding hydrogens is 244 g/mol. The molecule has 3 atom stereocenters. The number of hydrogen-bond donors (Lipinski definition) is 1. The minimum Gasteiger partial charge on any atom is -0.354 e. The predicted molar refractivity (Wildman–Crippen MR) is 86.7 cm³/mol. The van der Waals surface area contributed by atoms with Crippen molar-refractivity contribution in [1.82, 2.24) is 9.88 Å².